The summed E-state index contributed by atoms with van der Waals surface area (Å²) in [6, 6.07) is 14.7. The summed E-state index contributed by atoms with van der Waals surface area (Å²) in [4.78, 5) is 4.42. The molecule has 1 fully saturated rings. The van der Waals surface area contributed by atoms with Crippen LogP contribution in [0.4, 0.5) is 0 Å². The summed E-state index contributed by atoms with van der Waals surface area (Å²) < 4.78 is 8.05. The van der Waals surface area contributed by atoms with Crippen LogP contribution in [0.25, 0.3) is 11.0 Å². The van der Waals surface area contributed by atoms with Crippen LogP contribution in [-0.2, 0) is 20.1 Å². The second kappa shape index (κ2) is 6.87. The molecule has 1 aliphatic heterocycles. The third kappa shape index (κ3) is 3.28. The van der Waals surface area contributed by atoms with E-state index in [1.807, 2.05) is 31.1 Å². The molecule has 0 amide bonds. The van der Waals surface area contributed by atoms with Crippen LogP contribution >= 0.6 is 11.8 Å². The van der Waals surface area contributed by atoms with Gasteiger partial charge in [0.2, 0.25) is 0 Å². The SMILES string of the molecule is Cn1c(COc2ccc(CC3CNCS3)cc2)cc2cccnc21. The molecule has 1 unspecified atom stereocenters. The molecule has 0 bridgehead atoms. The maximum atomic E-state index is 5.96. The van der Waals surface area contributed by atoms with Gasteiger partial charge in [-0.15, -0.1) is 11.8 Å². The molecule has 3 aromatic rings. The van der Waals surface area contributed by atoms with E-state index in [2.05, 4.69) is 51.3 Å². The smallest absolute Gasteiger partial charge is 0.139 e. The normalized spacial score (nSPS) is 17.5. The number of nitrogens with zero attached hydrogens (tertiary/aromatic N) is 2. The Morgan fingerprint density at radius 3 is 2.92 bits per heavy atom. The average Bonchev–Trinajstić information content (AvgIpc) is 3.23. The zero-order chi connectivity index (χ0) is 16.4. The molecule has 1 saturated heterocycles. The minimum atomic E-state index is 0.550. The van der Waals surface area contributed by atoms with Gasteiger partial charge in [0.1, 0.15) is 18.0 Å². The molecule has 0 radical (unpaired) electrons. The quantitative estimate of drug-likeness (QED) is 0.774. The van der Waals surface area contributed by atoms with Crippen molar-refractivity contribution in [2.75, 3.05) is 12.4 Å². The molecule has 5 heteroatoms. The maximum absolute atomic E-state index is 5.96. The molecule has 1 aromatic carbocycles. The number of hydrogen-bond acceptors (Lipinski definition) is 4. The molecule has 0 aliphatic carbocycles. The molecular weight excluding hydrogens is 318 g/mol. The molecule has 1 N–H and O–H groups in total. The highest BCUT2D eigenvalue weighted by Crippen LogP contribution is 2.22. The van der Waals surface area contributed by atoms with Gasteiger partial charge in [0.05, 0.1) is 5.69 Å². The molecule has 1 atom stereocenters. The fourth-order valence-electron chi connectivity index (χ4n) is 3.08. The van der Waals surface area contributed by atoms with Crippen LogP contribution in [0.2, 0.25) is 0 Å². The van der Waals surface area contributed by atoms with Crippen LogP contribution in [0.3, 0.4) is 0 Å². The Morgan fingerprint density at radius 1 is 1.29 bits per heavy atom. The zero-order valence-electron chi connectivity index (χ0n) is 13.7. The number of hydrogen-bond donors (Lipinski definition) is 1. The van der Waals surface area contributed by atoms with Crippen LogP contribution in [0.5, 0.6) is 5.75 Å². The number of benzene rings is 1. The van der Waals surface area contributed by atoms with Gasteiger partial charge in [0.25, 0.3) is 0 Å². The number of aryl methyl sites for hydroxylation is 1. The monoisotopic (exact) mass is 339 g/mol. The lowest BCUT2D eigenvalue weighted by atomic mass is 10.1. The Hall–Kier alpha value is -1.98. The molecule has 0 saturated carbocycles. The molecule has 2 aromatic heterocycles. The molecule has 124 valence electrons. The van der Waals surface area contributed by atoms with Gasteiger partial charge >= 0.3 is 0 Å². The van der Waals surface area contributed by atoms with Gasteiger partial charge in [-0.2, -0.15) is 0 Å². The standard InChI is InChI=1S/C19H21N3OS/c1-22-16(10-15-3-2-8-21-19(15)22)12-23-17-6-4-14(5-7-17)9-18-11-20-13-24-18/h2-8,10,18,20H,9,11-13H2,1H3. The summed E-state index contributed by atoms with van der Waals surface area (Å²) in [5.41, 5.74) is 3.49. The van der Waals surface area contributed by atoms with Gasteiger partial charge in [-0.1, -0.05) is 12.1 Å². The lowest BCUT2D eigenvalue weighted by Gasteiger charge is -2.10. The number of fused-ring (bicyclic) bond motifs is 1. The van der Waals surface area contributed by atoms with Gasteiger partial charge in [-0.3, -0.25) is 0 Å². The van der Waals surface area contributed by atoms with Crippen molar-refractivity contribution in [3.63, 3.8) is 0 Å². The summed E-state index contributed by atoms with van der Waals surface area (Å²) in [5.74, 6) is 1.99. The molecule has 4 rings (SSSR count). The van der Waals surface area contributed by atoms with Crippen LogP contribution in [0.15, 0.2) is 48.7 Å². The Morgan fingerprint density at radius 2 is 2.17 bits per heavy atom. The summed E-state index contributed by atoms with van der Waals surface area (Å²) in [6.45, 7) is 1.66. The van der Waals surface area contributed by atoms with Gasteiger partial charge in [0.15, 0.2) is 0 Å². The molecule has 3 heterocycles. The fourth-order valence-corrected chi connectivity index (χ4v) is 4.10. The average molecular weight is 339 g/mol. The predicted molar refractivity (Wildman–Crippen MR) is 99.4 cm³/mol. The summed E-state index contributed by atoms with van der Waals surface area (Å²) in [6.07, 6.45) is 2.94. The number of ether oxygens (including phenoxy) is 1. The lowest BCUT2D eigenvalue weighted by molar-refractivity contribution is 0.297. The minimum absolute atomic E-state index is 0.550. The molecule has 1 aliphatic rings. The van der Waals surface area contributed by atoms with Gasteiger partial charge in [-0.05, 0) is 42.3 Å². The molecule has 0 spiro atoms. The van der Waals surface area contributed by atoms with Gasteiger partial charge < -0.3 is 14.6 Å². The largest absolute Gasteiger partial charge is 0.487 e. The Bertz CT molecular complexity index is 822. The third-order valence-corrected chi connectivity index (χ3v) is 5.63. The van der Waals surface area contributed by atoms with Crippen molar-refractivity contribution in [2.45, 2.75) is 18.3 Å². The highest BCUT2D eigenvalue weighted by molar-refractivity contribution is 8.00. The lowest BCUT2D eigenvalue weighted by Crippen LogP contribution is -2.14. The zero-order valence-corrected chi connectivity index (χ0v) is 14.6. The first-order valence-corrected chi connectivity index (χ1v) is 9.28. The molecule has 4 nitrogen and oxygen atoms in total. The van der Waals surface area contributed by atoms with Crippen molar-refractivity contribution >= 4 is 22.8 Å². The molecule has 24 heavy (non-hydrogen) atoms. The van der Waals surface area contributed by atoms with E-state index in [1.165, 1.54) is 5.56 Å². The Balaban J connectivity index is 1.40. The minimum Gasteiger partial charge on any atom is -0.487 e. The predicted octanol–water partition coefficient (Wildman–Crippen LogP) is 3.36. The van der Waals surface area contributed by atoms with E-state index >= 15 is 0 Å². The molecular formula is C19H21N3OS. The van der Waals surface area contributed by atoms with Crippen LogP contribution in [0.1, 0.15) is 11.3 Å². The fraction of sp³-hybridized carbons (Fsp3) is 0.316. The number of pyridine rings is 1. The van der Waals surface area contributed by atoms with E-state index in [9.17, 15) is 0 Å². The Kier molecular flexibility index (Phi) is 4.45. The van der Waals surface area contributed by atoms with E-state index in [0.717, 1.165) is 41.3 Å². The first-order valence-electron chi connectivity index (χ1n) is 8.23. The topological polar surface area (TPSA) is 39.1 Å². The van der Waals surface area contributed by atoms with Crippen molar-refractivity contribution in [3.8, 4) is 5.75 Å². The second-order valence-electron chi connectivity index (χ2n) is 6.13. The number of aromatic nitrogens is 2. The van der Waals surface area contributed by atoms with E-state index in [1.54, 1.807) is 0 Å². The third-order valence-electron chi connectivity index (χ3n) is 4.45. The van der Waals surface area contributed by atoms with Crippen molar-refractivity contribution in [1.29, 1.82) is 0 Å². The van der Waals surface area contributed by atoms with Crippen molar-refractivity contribution in [3.05, 3.63) is 59.9 Å². The van der Waals surface area contributed by atoms with E-state index in [-0.39, 0.29) is 0 Å². The van der Waals surface area contributed by atoms with Crippen LogP contribution in [-0.4, -0.2) is 27.2 Å². The number of nitrogens with one attached hydrogen (secondary N) is 1. The van der Waals surface area contributed by atoms with Crippen molar-refractivity contribution in [2.24, 2.45) is 7.05 Å². The van der Waals surface area contributed by atoms with E-state index in [4.69, 9.17) is 4.74 Å². The maximum Gasteiger partial charge on any atom is 0.139 e. The summed E-state index contributed by atoms with van der Waals surface area (Å²) >= 11 is 2.00. The number of thioether (sulfide) groups is 1. The number of rotatable bonds is 5. The van der Waals surface area contributed by atoms with Gasteiger partial charge in [0, 0.05) is 36.3 Å². The summed E-state index contributed by atoms with van der Waals surface area (Å²) in [7, 11) is 2.03. The van der Waals surface area contributed by atoms with E-state index in [0.29, 0.717) is 11.9 Å². The highest BCUT2D eigenvalue weighted by atomic mass is 32.2. The summed E-state index contributed by atoms with van der Waals surface area (Å²) in [5, 5.41) is 5.23. The second-order valence-corrected chi connectivity index (χ2v) is 7.42. The van der Waals surface area contributed by atoms with E-state index < -0.39 is 0 Å². The van der Waals surface area contributed by atoms with Crippen molar-refractivity contribution < 1.29 is 4.74 Å². The Labute approximate surface area is 146 Å². The van der Waals surface area contributed by atoms with Crippen LogP contribution in [0, 0.1) is 0 Å². The van der Waals surface area contributed by atoms with Gasteiger partial charge in [-0.25, -0.2) is 4.98 Å². The highest BCUT2D eigenvalue weighted by Gasteiger charge is 2.15. The van der Waals surface area contributed by atoms with Crippen LogP contribution < -0.4 is 10.1 Å². The van der Waals surface area contributed by atoms with Crippen molar-refractivity contribution in [1.82, 2.24) is 14.9 Å². The first kappa shape index (κ1) is 15.5. The first-order chi connectivity index (χ1) is 11.8.